The van der Waals surface area contributed by atoms with E-state index in [-0.39, 0.29) is 10.7 Å². The molecule has 0 aliphatic carbocycles. The van der Waals surface area contributed by atoms with Crippen molar-refractivity contribution >= 4 is 43.0 Å². The van der Waals surface area contributed by atoms with Crippen molar-refractivity contribution in [3.8, 4) is 0 Å². The number of benzene rings is 1. The molecule has 0 bridgehead atoms. The first-order chi connectivity index (χ1) is 9.83. The van der Waals surface area contributed by atoms with E-state index in [0.717, 1.165) is 4.88 Å². The van der Waals surface area contributed by atoms with Gasteiger partial charge in [-0.15, -0.1) is 11.3 Å². The zero-order valence-corrected chi connectivity index (χ0v) is 14.6. The van der Waals surface area contributed by atoms with Gasteiger partial charge in [0, 0.05) is 17.1 Å². The third kappa shape index (κ3) is 3.82. The molecule has 4 nitrogen and oxygen atoms in total. The molecule has 21 heavy (non-hydrogen) atoms. The molecule has 0 radical (unpaired) electrons. The summed E-state index contributed by atoms with van der Waals surface area (Å²) in [7, 11) is -1.91. The van der Waals surface area contributed by atoms with Gasteiger partial charge >= 0.3 is 0 Å². The predicted octanol–water partition coefficient (Wildman–Crippen LogP) is 3.48. The Morgan fingerprint density at radius 2 is 2.05 bits per heavy atom. The van der Waals surface area contributed by atoms with Gasteiger partial charge in [-0.3, -0.25) is 4.72 Å². The maximum absolute atomic E-state index is 13.2. The number of anilines is 1. The summed E-state index contributed by atoms with van der Waals surface area (Å²) in [6, 6.07) is 5.71. The van der Waals surface area contributed by atoms with Gasteiger partial charge in [-0.1, -0.05) is 0 Å². The fraction of sp³-hybridized carbons (Fsp3) is 0.231. The minimum atomic E-state index is -3.71. The van der Waals surface area contributed by atoms with Crippen LogP contribution in [-0.2, 0) is 16.6 Å². The van der Waals surface area contributed by atoms with E-state index < -0.39 is 10.0 Å². The number of hydrogen-bond donors (Lipinski definition) is 2. The fourth-order valence-electron chi connectivity index (χ4n) is 1.76. The third-order valence-corrected chi connectivity index (χ3v) is 6.39. The maximum atomic E-state index is 13.2. The number of sulfonamides is 1. The molecular weight excluding hydrogens is 379 g/mol. The highest BCUT2D eigenvalue weighted by Gasteiger charge is 2.21. The van der Waals surface area contributed by atoms with Crippen LogP contribution in [0.15, 0.2) is 32.9 Å². The molecule has 0 saturated carbocycles. The fourth-order valence-corrected chi connectivity index (χ4v) is 5.51. The van der Waals surface area contributed by atoms with E-state index in [4.69, 9.17) is 0 Å². The zero-order chi connectivity index (χ0) is 15.6. The molecule has 114 valence electrons. The first-order valence-corrected chi connectivity index (χ1v) is 9.14. The number of rotatable bonds is 5. The number of nitrogens with one attached hydrogen (secondary N) is 2. The van der Waals surface area contributed by atoms with Crippen molar-refractivity contribution in [2.75, 3.05) is 11.8 Å². The highest BCUT2D eigenvalue weighted by Crippen LogP contribution is 2.32. The molecular formula is C13H14BrFN2O2S2. The molecule has 8 heteroatoms. The summed E-state index contributed by atoms with van der Waals surface area (Å²) in [5, 5.41) is 2.97. The molecule has 0 aliphatic rings. The highest BCUT2D eigenvalue weighted by molar-refractivity contribution is 9.11. The third-order valence-electron chi connectivity index (χ3n) is 2.76. The van der Waals surface area contributed by atoms with Crippen LogP contribution < -0.4 is 10.0 Å². The first kappa shape index (κ1) is 16.4. The van der Waals surface area contributed by atoms with Gasteiger partial charge in [0.2, 0.25) is 0 Å². The van der Waals surface area contributed by atoms with Crippen LogP contribution in [0.4, 0.5) is 10.1 Å². The van der Waals surface area contributed by atoms with E-state index in [1.54, 1.807) is 20.0 Å². The molecule has 0 aliphatic heterocycles. The highest BCUT2D eigenvalue weighted by atomic mass is 79.9. The van der Waals surface area contributed by atoms with E-state index in [2.05, 4.69) is 26.0 Å². The first-order valence-electron chi connectivity index (χ1n) is 6.05. The maximum Gasteiger partial charge on any atom is 0.263 e. The smallest absolute Gasteiger partial charge is 0.263 e. The summed E-state index contributed by atoms with van der Waals surface area (Å²) >= 11 is 4.63. The van der Waals surface area contributed by atoms with Crippen molar-refractivity contribution < 1.29 is 12.8 Å². The minimum Gasteiger partial charge on any atom is -0.315 e. The predicted molar refractivity (Wildman–Crippen MR) is 86.7 cm³/mol. The Morgan fingerprint density at radius 3 is 2.67 bits per heavy atom. The summed E-state index contributed by atoms with van der Waals surface area (Å²) in [5.41, 5.74) is 0.720. The molecule has 0 spiro atoms. The van der Waals surface area contributed by atoms with Crippen LogP contribution in [-0.4, -0.2) is 15.5 Å². The summed E-state index contributed by atoms with van der Waals surface area (Å²) < 4.78 is 41.0. The van der Waals surface area contributed by atoms with Gasteiger partial charge in [0.1, 0.15) is 10.7 Å². The van der Waals surface area contributed by atoms with Crippen LogP contribution in [0.2, 0.25) is 0 Å². The summed E-state index contributed by atoms with van der Waals surface area (Å²) in [4.78, 5) is 1.08. The van der Waals surface area contributed by atoms with Gasteiger partial charge in [0.15, 0.2) is 0 Å². The minimum absolute atomic E-state index is 0.180. The molecule has 2 rings (SSSR count). The lowest BCUT2D eigenvalue weighted by atomic mass is 10.2. The van der Waals surface area contributed by atoms with Crippen molar-refractivity contribution in [3.63, 3.8) is 0 Å². The van der Waals surface area contributed by atoms with Gasteiger partial charge in [0.25, 0.3) is 10.0 Å². The number of hydrogen-bond acceptors (Lipinski definition) is 4. The molecule has 1 heterocycles. The van der Waals surface area contributed by atoms with Crippen molar-refractivity contribution in [3.05, 3.63) is 44.3 Å². The van der Waals surface area contributed by atoms with Gasteiger partial charge in [-0.25, -0.2) is 12.8 Å². The van der Waals surface area contributed by atoms with Crippen molar-refractivity contribution in [1.29, 1.82) is 0 Å². The van der Waals surface area contributed by atoms with E-state index in [1.165, 1.54) is 29.5 Å². The lowest BCUT2D eigenvalue weighted by molar-refractivity contribution is 0.600. The van der Waals surface area contributed by atoms with Crippen LogP contribution >= 0.6 is 27.3 Å². The SMILES string of the molecule is CNCc1cc(S(=O)(=O)Nc2ccc(F)c(C)c2)c(Br)s1. The second-order valence-electron chi connectivity index (χ2n) is 4.45. The largest absolute Gasteiger partial charge is 0.315 e. The molecule has 0 saturated heterocycles. The van der Waals surface area contributed by atoms with Crippen molar-refractivity contribution in [2.45, 2.75) is 18.4 Å². The molecule has 0 amide bonds. The zero-order valence-electron chi connectivity index (χ0n) is 11.4. The van der Waals surface area contributed by atoms with E-state index >= 15 is 0 Å². The normalized spacial score (nSPS) is 11.6. The monoisotopic (exact) mass is 392 g/mol. The number of aryl methyl sites for hydroxylation is 1. The van der Waals surface area contributed by atoms with Crippen LogP contribution in [0.1, 0.15) is 10.4 Å². The Bertz CT molecular complexity index is 760. The summed E-state index contributed by atoms with van der Waals surface area (Å²) in [5.74, 6) is -0.369. The van der Waals surface area contributed by atoms with Crippen molar-refractivity contribution in [2.24, 2.45) is 0 Å². The number of halogens is 2. The van der Waals surface area contributed by atoms with Crippen molar-refractivity contribution in [1.82, 2.24) is 5.32 Å². The number of thiophene rings is 1. The molecule has 0 fully saturated rings. The van der Waals surface area contributed by atoms with Crippen LogP contribution in [0.3, 0.4) is 0 Å². The lowest BCUT2D eigenvalue weighted by Gasteiger charge is -2.08. The average molecular weight is 393 g/mol. The quantitative estimate of drug-likeness (QED) is 0.818. The Kier molecular flexibility index (Phi) is 5.03. The van der Waals surface area contributed by atoms with Gasteiger partial charge in [0.05, 0.1) is 3.79 Å². The Labute approximate surface area is 135 Å². The molecule has 2 aromatic rings. The standard InChI is InChI=1S/C13H14BrFN2O2S2/c1-8-5-9(3-4-11(8)15)17-21(18,19)12-6-10(7-16-2)20-13(12)14/h3-6,16-17H,7H2,1-2H3. The molecule has 0 atom stereocenters. The van der Waals surface area contributed by atoms with Crippen LogP contribution in [0, 0.1) is 12.7 Å². The van der Waals surface area contributed by atoms with Crippen LogP contribution in [0.25, 0.3) is 0 Å². The molecule has 2 N–H and O–H groups in total. The topological polar surface area (TPSA) is 58.2 Å². The van der Waals surface area contributed by atoms with E-state index in [0.29, 0.717) is 21.6 Å². The molecule has 1 aromatic carbocycles. The molecule has 0 unspecified atom stereocenters. The van der Waals surface area contributed by atoms with Crippen LogP contribution in [0.5, 0.6) is 0 Å². The molecule has 1 aromatic heterocycles. The lowest BCUT2D eigenvalue weighted by Crippen LogP contribution is -2.13. The summed E-state index contributed by atoms with van der Waals surface area (Å²) in [6.07, 6.45) is 0. The van der Waals surface area contributed by atoms with Gasteiger partial charge in [-0.2, -0.15) is 0 Å². The second-order valence-corrected chi connectivity index (χ2v) is 8.56. The average Bonchev–Trinajstić information content (AvgIpc) is 2.76. The summed E-state index contributed by atoms with van der Waals surface area (Å²) in [6.45, 7) is 2.17. The second kappa shape index (κ2) is 6.43. The Morgan fingerprint density at radius 1 is 1.33 bits per heavy atom. The van der Waals surface area contributed by atoms with Gasteiger partial charge < -0.3 is 5.32 Å². The Balaban J connectivity index is 2.31. The van der Waals surface area contributed by atoms with E-state index in [1.807, 2.05) is 0 Å². The Hall–Kier alpha value is -0.960. The van der Waals surface area contributed by atoms with E-state index in [9.17, 15) is 12.8 Å². The van der Waals surface area contributed by atoms with Gasteiger partial charge in [-0.05, 0) is 59.7 Å².